The van der Waals surface area contributed by atoms with Gasteiger partial charge in [0.05, 0.1) is 130 Å². The molecule has 7 aromatic rings. The van der Waals surface area contributed by atoms with Crippen LogP contribution in [0.3, 0.4) is 0 Å². The molecule has 0 spiro atoms. The molecule has 0 aliphatic heterocycles. The third kappa shape index (κ3) is 26.7. The first-order valence-corrected chi connectivity index (χ1v) is 32.7. The van der Waals surface area contributed by atoms with Crippen molar-refractivity contribution in [2.45, 2.75) is 50.7 Å². The molecule has 5 heterocycles. The molecule has 1 aliphatic rings. The maximum absolute atomic E-state index is 13.6. The number of nitrogens with zero attached hydrogens (tertiary/aromatic N) is 8. The van der Waals surface area contributed by atoms with E-state index in [0.717, 1.165) is 5.56 Å². The van der Waals surface area contributed by atoms with Crippen molar-refractivity contribution in [2.75, 3.05) is 150 Å². The number of imidazole rings is 3. The molecule has 0 atom stereocenters. The van der Waals surface area contributed by atoms with Crippen molar-refractivity contribution in [1.29, 1.82) is 0 Å². The molecule has 1 saturated carbocycles. The molecule has 8 rings (SSSR count). The van der Waals surface area contributed by atoms with Crippen LogP contribution in [0.15, 0.2) is 104 Å². The molecule has 2 aromatic carbocycles. The smallest absolute Gasteiger partial charge is 0.411 e. The van der Waals surface area contributed by atoms with Crippen LogP contribution in [0.5, 0.6) is 5.75 Å². The summed E-state index contributed by atoms with van der Waals surface area (Å²) in [5.41, 5.74) is 1.63. The molecule has 34 nitrogen and oxygen atoms in total. The van der Waals surface area contributed by atoms with E-state index in [0.29, 0.717) is 135 Å². The number of aromatic nitrogens is 8. The lowest BCUT2D eigenvalue weighted by molar-refractivity contribution is -0.121. The summed E-state index contributed by atoms with van der Waals surface area (Å²) in [6, 6.07) is 19.5. The van der Waals surface area contributed by atoms with Crippen molar-refractivity contribution in [3.8, 4) is 5.75 Å². The Kier molecular flexibility index (Phi) is 30.3. The number of amides is 8. The molecule has 1 fully saturated rings. The number of carbonyl (C=O) groups excluding carboxylic acids is 8. The Hall–Kier alpha value is -10.3. The number of anilines is 7. The van der Waals surface area contributed by atoms with Crippen LogP contribution in [-0.4, -0.2) is 203 Å². The molecule has 101 heavy (non-hydrogen) atoms. The van der Waals surface area contributed by atoms with Crippen LogP contribution < -0.4 is 47.3 Å². The zero-order valence-corrected chi connectivity index (χ0v) is 57.2. The van der Waals surface area contributed by atoms with E-state index in [2.05, 4.69) is 57.5 Å². The van der Waals surface area contributed by atoms with Gasteiger partial charge in [0.15, 0.2) is 17.5 Å². The minimum Gasteiger partial charge on any atom is -0.491 e. The molecule has 0 radical (unpaired) electrons. The Bertz CT molecular complexity index is 3820. The summed E-state index contributed by atoms with van der Waals surface area (Å²) >= 11 is 0. The number of benzene rings is 2. The first-order chi connectivity index (χ1) is 48.9. The van der Waals surface area contributed by atoms with Crippen LogP contribution in [0, 0.1) is 0 Å². The maximum Gasteiger partial charge on any atom is 0.411 e. The SMILES string of the molecule is Cn1cc(NC(=O)c2nccn2C)cc1NC(=O)CCC(=O)Nc1cn(C)c(C(=O)Nc2cc(C(=O)NC3(CC(=O)Nc4cn(C)c(NC(=O)CCOCCOCCOCCOCCOCCOCCOCCOCCOc5ccc(NC(=O)OCc6ccccc6)cc5)n4)CC3)n(C)c2)n1. The average molecular weight is 1410 g/mol. The van der Waals surface area contributed by atoms with Gasteiger partial charge in [0.1, 0.15) is 30.5 Å². The van der Waals surface area contributed by atoms with E-state index in [1.165, 1.54) is 27.6 Å². The topological polar surface area (TPSA) is 388 Å². The molecule has 1 aliphatic carbocycles. The molecule has 0 unspecified atom stereocenters. The van der Waals surface area contributed by atoms with Crippen molar-refractivity contribution < 1.29 is 85.7 Å². The zero-order chi connectivity index (χ0) is 71.8. The standard InChI is InChI=1S/C67H88N16O18/c1-79-21-20-68-60(79)63(89)70-50-40-55(81(3)43-50)76-57(85)16-15-56(84)72-53-44-82(4)61(74-53)64(90)69-49-39-52(80(2)42-49)62(88)78-67(18-19-67)41-59(87)73-54-45-83(5)65(75-54)77-58(86)17-22-92-23-24-93-25-26-94-27-28-95-29-30-96-31-32-97-33-34-98-35-36-99-37-38-100-51-13-11-48(12-14-51)71-66(91)101-46-47-9-7-6-8-10-47/h6-14,20-21,39-40,42-45H,15-19,22-38,41,46H2,1-5H3,(H,69,90)(H,70,89)(H,71,91)(H,72,84)(H,73,87)(H,76,85)(H,78,88)(H,75,77,86). The first-order valence-electron chi connectivity index (χ1n) is 32.7. The van der Waals surface area contributed by atoms with Crippen LogP contribution in [0.4, 0.5) is 45.3 Å². The van der Waals surface area contributed by atoms with Crippen molar-refractivity contribution >= 4 is 87.9 Å². The number of aryl methyl sites for hydroxylation is 5. The minimum atomic E-state index is -0.808. The van der Waals surface area contributed by atoms with Gasteiger partial charge in [-0.2, -0.15) is 4.98 Å². The Morgan fingerprint density at radius 2 is 0.960 bits per heavy atom. The first kappa shape index (κ1) is 76.4. The second-order valence-electron chi connectivity index (χ2n) is 23.2. The molecule has 544 valence electrons. The molecular formula is C67H88N16O18. The van der Waals surface area contributed by atoms with Gasteiger partial charge in [-0.05, 0) is 48.7 Å². The number of nitrogens with one attached hydrogen (secondary N) is 8. The van der Waals surface area contributed by atoms with E-state index in [4.69, 9.17) is 47.4 Å². The normalized spacial score (nSPS) is 12.1. The fourth-order valence-corrected chi connectivity index (χ4v) is 9.61. The van der Waals surface area contributed by atoms with Crippen molar-refractivity contribution in [2.24, 2.45) is 35.2 Å². The van der Waals surface area contributed by atoms with E-state index in [-0.39, 0.29) is 92.0 Å². The van der Waals surface area contributed by atoms with Gasteiger partial charge < -0.3 is 102 Å². The van der Waals surface area contributed by atoms with Gasteiger partial charge in [-0.1, -0.05) is 30.3 Å². The summed E-state index contributed by atoms with van der Waals surface area (Å²) in [6.07, 6.45) is 9.51. The highest BCUT2D eigenvalue weighted by Gasteiger charge is 2.46. The Morgan fingerprint density at radius 3 is 1.54 bits per heavy atom. The molecule has 8 amide bonds. The third-order valence-electron chi connectivity index (χ3n) is 15.0. The van der Waals surface area contributed by atoms with Gasteiger partial charge in [-0.3, -0.25) is 44.2 Å². The Morgan fingerprint density at radius 1 is 0.446 bits per heavy atom. The second-order valence-corrected chi connectivity index (χ2v) is 23.2. The van der Waals surface area contributed by atoms with Gasteiger partial charge >= 0.3 is 6.09 Å². The number of hydrogen-bond acceptors (Lipinski definition) is 21. The third-order valence-corrected chi connectivity index (χ3v) is 15.0. The van der Waals surface area contributed by atoms with Gasteiger partial charge in [-0.15, -0.1) is 0 Å². The van der Waals surface area contributed by atoms with Crippen molar-refractivity contribution in [3.05, 3.63) is 127 Å². The lowest BCUT2D eigenvalue weighted by atomic mass is 10.1. The lowest BCUT2D eigenvalue weighted by Crippen LogP contribution is -2.40. The molecule has 34 heteroatoms. The van der Waals surface area contributed by atoms with Crippen molar-refractivity contribution in [1.82, 2.24) is 43.1 Å². The lowest BCUT2D eigenvalue weighted by Gasteiger charge is -2.17. The van der Waals surface area contributed by atoms with E-state index in [1.54, 1.807) is 104 Å². The second kappa shape index (κ2) is 40.1. The molecule has 5 aromatic heterocycles. The van der Waals surface area contributed by atoms with Gasteiger partial charge in [0.25, 0.3) is 17.7 Å². The highest BCUT2D eigenvalue weighted by Crippen LogP contribution is 2.39. The van der Waals surface area contributed by atoms with Crippen LogP contribution >= 0.6 is 0 Å². The van der Waals surface area contributed by atoms with Crippen LogP contribution in [0.1, 0.15) is 75.8 Å². The molecule has 0 bridgehead atoms. The fourth-order valence-electron chi connectivity index (χ4n) is 9.61. The predicted octanol–water partition coefficient (Wildman–Crippen LogP) is 5.01. The number of hydrogen-bond donors (Lipinski definition) is 8. The maximum atomic E-state index is 13.6. The number of rotatable bonds is 46. The van der Waals surface area contributed by atoms with Crippen LogP contribution in [0.25, 0.3) is 0 Å². The quantitative estimate of drug-likeness (QED) is 0.0233. The summed E-state index contributed by atoms with van der Waals surface area (Å²) < 4.78 is 63.0. The fraction of sp³-hybridized carbons (Fsp3) is 0.448. The van der Waals surface area contributed by atoms with E-state index in [1.807, 2.05) is 30.3 Å². The summed E-state index contributed by atoms with van der Waals surface area (Å²) in [6.45, 7) is 6.63. The highest BCUT2D eigenvalue weighted by molar-refractivity contribution is 6.05. The van der Waals surface area contributed by atoms with Gasteiger partial charge in [0, 0.05) is 103 Å². The highest BCUT2D eigenvalue weighted by atomic mass is 16.6. The summed E-state index contributed by atoms with van der Waals surface area (Å²) in [5.74, 6) is -1.53. The summed E-state index contributed by atoms with van der Waals surface area (Å²) in [5, 5.41) is 21.9. The minimum absolute atomic E-state index is 0.0446. The van der Waals surface area contributed by atoms with E-state index >= 15 is 0 Å². The molecule has 8 N–H and O–H groups in total. The van der Waals surface area contributed by atoms with Crippen molar-refractivity contribution in [3.63, 3.8) is 0 Å². The summed E-state index contributed by atoms with van der Waals surface area (Å²) in [7, 11) is 8.24. The van der Waals surface area contributed by atoms with E-state index < -0.39 is 47.1 Å². The zero-order valence-electron chi connectivity index (χ0n) is 57.2. The average Bonchev–Trinajstić information content (AvgIpc) is 1.64. The molecular weight excluding hydrogens is 1320 g/mol. The molecule has 0 saturated heterocycles. The van der Waals surface area contributed by atoms with Crippen LogP contribution in [0.2, 0.25) is 0 Å². The summed E-state index contributed by atoms with van der Waals surface area (Å²) in [4.78, 5) is 116. The van der Waals surface area contributed by atoms with Crippen LogP contribution in [-0.2, 0) is 104 Å². The Labute approximate surface area is 582 Å². The van der Waals surface area contributed by atoms with E-state index in [9.17, 15) is 38.4 Å². The van der Waals surface area contributed by atoms with Gasteiger partial charge in [-0.25, -0.2) is 14.8 Å². The predicted molar refractivity (Wildman–Crippen MR) is 368 cm³/mol. The number of carbonyl (C=O) groups is 8. The van der Waals surface area contributed by atoms with Gasteiger partial charge in [0.2, 0.25) is 35.4 Å². The monoisotopic (exact) mass is 1400 g/mol. The largest absolute Gasteiger partial charge is 0.491 e. The number of ether oxygens (including phenoxy) is 10. The Balaban J connectivity index is 0.576.